The van der Waals surface area contributed by atoms with Crippen molar-refractivity contribution in [3.63, 3.8) is 0 Å². The first-order chi connectivity index (χ1) is 7.38. The maximum absolute atomic E-state index is 12.7. The second-order valence-corrected chi connectivity index (χ2v) is 3.91. The van der Waals surface area contributed by atoms with Crippen LogP contribution in [0.25, 0.3) is 11.0 Å². The number of aromatic nitrogens is 2. The molecule has 0 aliphatic carbocycles. The van der Waals surface area contributed by atoms with E-state index in [1.165, 1.54) is 12.1 Å². The number of anilines is 1. The molecule has 3 nitrogen and oxygen atoms in total. The molecule has 0 fully saturated rings. The lowest BCUT2D eigenvalue weighted by molar-refractivity contribution is -0.136. The number of nitrogen functional groups attached to an aromatic ring is 1. The van der Waals surface area contributed by atoms with Gasteiger partial charge in [-0.1, -0.05) is 0 Å². The molecule has 0 saturated heterocycles. The Balaban J connectivity index is 2.83. The Morgan fingerprint density at radius 3 is 2.50 bits per heavy atom. The summed E-state index contributed by atoms with van der Waals surface area (Å²) in [4.78, 5) is 7.58. The Hall–Kier alpha value is -1.37. The van der Waals surface area contributed by atoms with E-state index in [4.69, 9.17) is 5.73 Å². The van der Waals surface area contributed by atoms with Crippen LogP contribution in [0.2, 0.25) is 0 Å². The van der Waals surface area contributed by atoms with Crippen molar-refractivity contribution in [3.05, 3.63) is 28.4 Å². The molecule has 2 aromatic heterocycles. The summed E-state index contributed by atoms with van der Waals surface area (Å²) >= 11 is 2.91. The highest BCUT2D eigenvalue weighted by atomic mass is 79.9. The molecule has 0 atom stereocenters. The fraction of sp³-hybridized carbons (Fsp3) is 0.111. The number of nitrogens with two attached hydrogens (primary N) is 1. The fourth-order valence-electron chi connectivity index (χ4n) is 1.32. The fourth-order valence-corrected chi connectivity index (χ4v) is 1.72. The summed E-state index contributed by atoms with van der Waals surface area (Å²) in [5, 5.41) is -0.0649. The minimum atomic E-state index is -4.44. The molecule has 84 valence electrons. The van der Waals surface area contributed by atoms with Crippen LogP contribution in [0, 0.1) is 0 Å². The number of hydrogen-bond acceptors (Lipinski definition) is 3. The van der Waals surface area contributed by atoms with Crippen molar-refractivity contribution < 1.29 is 13.2 Å². The van der Waals surface area contributed by atoms with E-state index in [-0.39, 0.29) is 21.5 Å². The van der Waals surface area contributed by atoms with Gasteiger partial charge in [-0.25, -0.2) is 9.97 Å². The average Bonchev–Trinajstić information content (AvgIpc) is 2.14. The van der Waals surface area contributed by atoms with E-state index in [0.717, 1.165) is 6.07 Å². The minimum Gasteiger partial charge on any atom is -0.384 e. The zero-order valence-electron chi connectivity index (χ0n) is 7.72. The lowest BCUT2D eigenvalue weighted by atomic mass is 10.1. The SMILES string of the molecule is Nc1ccc2c(C(F)(F)F)cc(Br)nc2n1. The van der Waals surface area contributed by atoms with Crippen molar-refractivity contribution in [1.82, 2.24) is 9.97 Å². The highest BCUT2D eigenvalue weighted by Gasteiger charge is 2.33. The van der Waals surface area contributed by atoms with Crippen LogP contribution in [0.15, 0.2) is 22.8 Å². The van der Waals surface area contributed by atoms with E-state index in [2.05, 4.69) is 25.9 Å². The van der Waals surface area contributed by atoms with E-state index >= 15 is 0 Å². The van der Waals surface area contributed by atoms with Gasteiger partial charge in [-0.15, -0.1) is 0 Å². The zero-order valence-corrected chi connectivity index (χ0v) is 9.30. The molecule has 0 unspecified atom stereocenters. The third-order valence-corrected chi connectivity index (χ3v) is 2.37. The second-order valence-electron chi connectivity index (χ2n) is 3.10. The predicted octanol–water partition coefficient (Wildman–Crippen LogP) is 2.99. The number of halogens is 4. The van der Waals surface area contributed by atoms with Gasteiger partial charge >= 0.3 is 6.18 Å². The van der Waals surface area contributed by atoms with Crippen molar-refractivity contribution in [2.45, 2.75) is 6.18 Å². The van der Waals surface area contributed by atoms with Crippen LogP contribution < -0.4 is 5.73 Å². The van der Waals surface area contributed by atoms with Crippen molar-refractivity contribution in [1.29, 1.82) is 0 Å². The molecular formula is C9H5BrF3N3. The number of pyridine rings is 2. The number of alkyl halides is 3. The number of fused-ring (bicyclic) bond motifs is 1. The molecule has 0 radical (unpaired) electrons. The first-order valence-corrected chi connectivity index (χ1v) is 4.97. The molecule has 0 saturated carbocycles. The van der Waals surface area contributed by atoms with Gasteiger partial charge in [0, 0.05) is 5.39 Å². The molecule has 16 heavy (non-hydrogen) atoms. The van der Waals surface area contributed by atoms with Crippen LogP contribution in [0.1, 0.15) is 5.56 Å². The van der Waals surface area contributed by atoms with Gasteiger partial charge in [0.2, 0.25) is 0 Å². The predicted molar refractivity (Wildman–Crippen MR) is 56.7 cm³/mol. The summed E-state index contributed by atoms with van der Waals surface area (Å²) in [6.45, 7) is 0. The second kappa shape index (κ2) is 3.58. The van der Waals surface area contributed by atoms with Gasteiger partial charge in [-0.05, 0) is 34.1 Å². The molecule has 7 heteroatoms. The normalized spacial score (nSPS) is 12.0. The first-order valence-electron chi connectivity index (χ1n) is 4.18. The van der Waals surface area contributed by atoms with Crippen LogP contribution in [0.5, 0.6) is 0 Å². The minimum absolute atomic E-state index is 0.0262. The Labute approximate surface area is 96.6 Å². The van der Waals surface area contributed by atoms with Gasteiger partial charge in [0.25, 0.3) is 0 Å². The van der Waals surface area contributed by atoms with E-state index < -0.39 is 11.7 Å². The standard InChI is InChI=1S/C9H5BrF3N3/c10-6-3-5(9(11,12)13)4-1-2-7(14)16-8(4)15-6/h1-3H,(H2,14,15,16). The van der Waals surface area contributed by atoms with Gasteiger partial charge in [-0.3, -0.25) is 0 Å². The Morgan fingerprint density at radius 1 is 1.19 bits per heavy atom. The van der Waals surface area contributed by atoms with Gasteiger partial charge in [0.15, 0.2) is 5.65 Å². The van der Waals surface area contributed by atoms with Gasteiger partial charge in [-0.2, -0.15) is 13.2 Å². The molecule has 2 heterocycles. The van der Waals surface area contributed by atoms with E-state index in [1.54, 1.807) is 0 Å². The van der Waals surface area contributed by atoms with Crippen LogP contribution in [0.4, 0.5) is 19.0 Å². The molecule has 0 aliphatic heterocycles. The van der Waals surface area contributed by atoms with Crippen molar-refractivity contribution in [2.75, 3.05) is 5.73 Å². The number of rotatable bonds is 0. The van der Waals surface area contributed by atoms with Crippen LogP contribution >= 0.6 is 15.9 Å². The first kappa shape index (κ1) is 11.1. The van der Waals surface area contributed by atoms with E-state index in [9.17, 15) is 13.2 Å². The maximum atomic E-state index is 12.7. The van der Waals surface area contributed by atoms with Crippen LogP contribution in [-0.2, 0) is 6.18 Å². The molecule has 0 spiro atoms. The average molecular weight is 292 g/mol. The molecule has 0 aliphatic rings. The van der Waals surface area contributed by atoms with Crippen molar-refractivity contribution >= 4 is 32.8 Å². The maximum Gasteiger partial charge on any atom is 0.417 e. The number of nitrogens with zero attached hydrogens (tertiary/aromatic N) is 2. The molecule has 0 amide bonds. The van der Waals surface area contributed by atoms with E-state index in [1.807, 2.05) is 0 Å². The third-order valence-electron chi connectivity index (χ3n) is 1.97. The zero-order chi connectivity index (χ0) is 11.9. The summed E-state index contributed by atoms with van der Waals surface area (Å²) in [6.07, 6.45) is -4.44. The Bertz CT molecular complexity index is 548. The van der Waals surface area contributed by atoms with Crippen LogP contribution in [-0.4, -0.2) is 9.97 Å². The smallest absolute Gasteiger partial charge is 0.384 e. The third kappa shape index (κ3) is 1.95. The summed E-state index contributed by atoms with van der Waals surface area (Å²) in [7, 11) is 0. The molecule has 2 N–H and O–H groups in total. The quantitative estimate of drug-likeness (QED) is 0.759. The summed E-state index contributed by atoms with van der Waals surface area (Å²) in [6, 6.07) is 3.49. The highest BCUT2D eigenvalue weighted by molar-refractivity contribution is 9.10. The molecule has 0 aromatic carbocycles. The molecular weight excluding hydrogens is 287 g/mol. The summed E-state index contributed by atoms with van der Waals surface area (Å²) in [5.41, 5.74) is 4.58. The Kier molecular flexibility index (Phi) is 2.49. The topological polar surface area (TPSA) is 51.8 Å². The van der Waals surface area contributed by atoms with Crippen molar-refractivity contribution in [3.8, 4) is 0 Å². The summed E-state index contributed by atoms with van der Waals surface area (Å²) in [5.74, 6) is 0.131. The van der Waals surface area contributed by atoms with E-state index in [0.29, 0.717) is 0 Å². The van der Waals surface area contributed by atoms with Gasteiger partial charge < -0.3 is 5.73 Å². The van der Waals surface area contributed by atoms with Gasteiger partial charge in [0.05, 0.1) is 5.56 Å². The van der Waals surface area contributed by atoms with Crippen LogP contribution in [0.3, 0.4) is 0 Å². The lowest BCUT2D eigenvalue weighted by Crippen LogP contribution is -2.07. The molecule has 2 rings (SSSR count). The van der Waals surface area contributed by atoms with Crippen molar-refractivity contribution in [2.24, 2.45) is 0 Å². The summed E-state index contributed by atoms with van der Waals surface area (Å²) < 4.78 is 38.1. The highest BCUT2D eigenvalue weighted by Crippen LogP contribution is 2.35. The van der Waals surface area contributed by atoms with Gasteiger partial charge in [0.1, 0.15) is 10.4 Å². The monoisotopic (exact) mass is 291 g/mol. The molecule has 0 bridgehead atoms. The molecule has 2 aromatic rings. The Morgan fingerprint density at radius 2 is 1.88 bits per heavy atom. The largest absolute Gasteiger partial charge is 0.417 e. The number of hydrogen-bond donors (Lipinski definition) is 1. The lowest BCUT2D eigenvalue weighted by Gasteiger charge is -2.10.